The van der Waals surface area contributed by atoms with E-state index >= 15 is 0 Å². The minimum atomic E-state index is 0.889. The summed E-state index contributed by atoms with van der Waals surface area (Å²) in [5.74, 6) is 6.97. The van der Waals surface area contributed by atoms with Crippen molar-refractivity contribution in [3.05, 3.63) is 17.7 Å². The van der Waals surface area contributed by atoms with Gasteiger partial charge in [0.1, 0.15) is 11.5 Å². The summed E-state index contributed by atoms with van der Waals surface area (Å²) in [6, 6.07) is 0. The van der Waals surface area contributed by atoms with Gasteiger partial charge in [0, 0.05) is 12.8 Å². The topological polar surface area (TPSA) is 28.7 Å². The highest BCUT2D eigenvalue weighted by atomic mass is 14.9. The molecule has 0 saturated heterocycles. The van der Waals surface area contributed by atoms with E-state index in [1.807, 2.05) is 6.92 Å². The number of aromatic amines is 1. The molecule has 0 fully saturated rings. The van der Waals surface area contributed by atoms with Crippen LogP contribution in [0.4, 0.5) is 0 Å². The molecule has 0 radical (unpaired) electrons. The lowest BCUT2D eigenvalue weighted by molar-refractivity contribution is 0.987. The molecule has 0 unspecified atom stereocenters. The highest BCUT2D eigenvalue weighted by Gasteiger charge is 1.92. The number of aryl methyl sites for hydroxylation is 1. The summed E-state index contributed by atoms with van der Waals surface area (Å²) >= 11 is 0. The lowest BCUT2D eigenvalue weighted by Gasteiger charge is -1.82. The van der Waals surface area contributed by atoms with Gasteiger partial charge in [-0.05, 0) is 5.92 Å². The van der Waals surface area contributed by atoms with Gasteiger partial charge in [0.2, 0.25) is 0 Å². The number of nitrogens with zero attached hydrogens (tertiary/aromatic N) is 1. The van der Waals surface area contributed by atoms with Crippen LogP contribution in [0.2, 0.25) is 0 Å². The maximum Gasteiger partial charge on any atom is 0.109 e. The molecule has 0 amide bonds. The van der Waals surface area contributed by atoms with Gasteiger partial charge in [-0.15, -0.1) is 0 Å². The van der Waals surface area contributed by atoms with Gasteiger partial charge in [-0.25, -0.2) is 4.98 Å². The van der Waals surface area contributed by atoms with Crippen molar-refractivity contribution in [1.29, 1.82) is 0 Å². The van der Waals surface area contributed by atoms with Crippen molar-refractivity contribution >= 4 is 0 Å². The Kier molecular flexibility index (Phi) is 2.74. The largest absolute Gasteiger partial charge is 0.336 e. The summed E-state index contributed by atoms with van der Waals surface area (Å²) in [6.45, 7) is 4.10. The Balaban J connectivity index is 2.72. The van der Waals surface area contributed by atoms with Crippen molar-refractivity contribution in [3.63, 3.8) is 0 Å². The van der Waals surface area contributed by atoms with Crippen LogP contribution < -0.4 is 0 Å². The van der Waals surface area contributed by atoms with E-state index < -0.39 is 0 Å². The van der Waals surface area contributed by atoms with Crippen LogP contribution >= 0.6 is 0 Å². The maximum atomic E-state index is 4.13. The average Bonchev–Trinajstić information content (AvgIpc) is 2.48. The summed E-state index contributed by atoms with van der Waals surface area (Å²) in [4.78, 5) is 7.24. The number of hydrogen-bond acceptors (Lipinski definition) is 1. The quantitative estimate of drug-likeness (QED) is 0.604. The van der Waals surface area contributed by atoms with Crippen LogP contribution in [0.3, 0.4) is 0 Å². The fourth-order valence-corrected chi connectivity index (χ4v) is 0.789. The van der Waals surface area contributed by atoms with E-state index in [4.69, 9.17) is 0 Å². The van der Waals surface area contributed by atoms with Crippen LogP contribution in [0.5, 0.6) is 0 Å². The zero-order chi connectivity index (χ0) is 8.10. The van der Waals surface area contributed by atoms with Crippen LogP contribution in [-0.2, 0) is 6.42 Å². The molecule has 1 rings (SSSR count). The summed E-state index contributed by atoms with van der Waals surface area (Å²) < 4.78 is 0. The van der Waals surface area contributed by atoms with Gasteiger partial charge in [0.25, 0.3) is 0 Å². The Morgan fingerprint density at radius 1 is 1.55 bits per heavy atom. The second-order valence-corrected chi connectivity index (χ2v) is 2.25. The monoisotopic (exact) mass is 148 g/mol. The van der Waals surface area contributed by atoms with Crippen LogP contribution in [0.15, 0.2) is 6.20 Å². The van der Waals surface area contributed by atoms with Crippen molar-refractivity contribution in [3.8, 4) is 11.8 Å². The first-order chi connectivity index (χ1) is 5.36. The highest BCUT2D eigenvalue weighted by Crippen LogP contribution is 1.95. The molecule has 0 saturated carbocycles. The average molecular weight is 148 g/mol. The van der Waals surface area contributed by atoms with Crippen molar-refractivity contribution < 1.29 is 0 Å². The van der Waals surface area contributed by atoms with Gasteiger partial charge in [-0.2, -0.15) is 0 Å². The van der Waals surface area contributed by atoms with Crippen LogP contribution in [-0.4, -0.2) is 9.97 Å². The molecule has 1 aromatic rings. The molecule has 0 bridgehead atoms. The third-order valence-corrected chi connectivity index (χ3v) is 1.36. The number of H-pyrrole nitrogens is 1. The van der Waals surface area contributed by atoms with Crippen molar-refractivity contribution in [2.45, 2.75) is 26.7 Å². The van der Waals surface area contributed by atoms with Crippen molar-refractivity contribution in [2.75, 3.05) is 0 Å². The molecule has 0 aliphatic carbocycles. The van der Waals surface area contributed by atoms with E-state index in [1.165, 1.54) is 0 Å². The highest BCUT2D eigenvalue weighted by molar-refractivity contribution is 5.25. The maximum absolute atomic E-state index is 4.13. The van der Waals surface area contributed by atoms with E-state index in [0.29, 0.717) is 0 Å². The molecule has 58 valence electrons. The smallest absolute Gasteiger partial charge is 0.109 e. The summed E-state index contributed by atoms with van der Waals surface area (Å²) in [5.41, 5.74) is 0.920. The molecule has 11 heavy (non-hydrogen) atoms. The van der Waals surface area contributed by atoms with E-state index in [1.54, 1.807) is 6.20 Å². The zero-order valence-electron chi connectivity index (χ0n) is 6.94. The van der Waals surface area contributed by atoms with Gasteiger partial charge in [-0.1, -0.05) is 19.8 Å². The SMILES string of the molecule is CCC#Cc1cnc(CC)[nH]1. The second kappa shape index (κ2) is 3.82. The van der Waals surface area contributed by atoms with Crippen molar-refractivity contribution in [1.82, 2.24) is 9.97 Å². The Labute approximate surface area is 67.0 Å². The van der Waals surface area contributed by atoms with Gasteiger partial charge >= 0.3 is 0 Å². The Morgan fingerprint density at radius 2 is 2.36 bits per heavy atom. The Morgan fingerprint density at radius 3 is 2.91 bits per heavy atom. The minimum absolute atomic E-state index is 0.889. The minimum Gasteiger partial charge on any atom is -0.336 e. The molecular formula is C9H12N2. The molecule has 1 heterocycles. The molecule has 2 nitrogen and oxygen atoms in total. The number of aromatic nitrogens is 2. The molecule has 0 aromatic carbocycles. The standard InChI is InChI=1S/C9H12N2/c1-3-5-6-8-7-10-9(4-2)11-8/h7H,3-4H2,1-2H3,(H,10,11). The number of rotatable bonds is 1. The second-order valence-electron chi connectivity index (χ2n) is 2.25. The fourth-order valence-electron chi connectivity index (χ4n) is 0.789. The fraction of sp³-hybridized carbons (Fsp3) is 0.444. The van der Waals surface area contributed by atoms with Crippen LogP contribution in [0.1, 0.15) is 31.8 Å². The van der Waals surface area contributed by atoms with E-state index in [2.05, 4.69) is 28.7 Å². The van der Waals surface area contributed by atoms with E-state index in [-0.39, 0.29) is 0 Å². The molecule has 1 aromatic heterocycles. The van der Waals surface area contributed by atoms with Gasteiger partial charge in [-0.3, -0.25) is 0 Å². The lowest BCUT2D eigenvalue weighted by Crippen LogP contribution is -1.81. The molecule has 0 aliphatic heterocycles. The summed E-state index contributed by atoms with van der Waals surface area (Å²) in [7, 11) is 0. The van der Waals surface area contributed by atoms with Gasteiger partial charge < -0.3 is 4.98 Å². The molecule has 1 N–H and O–H groups in total. The number of imidazole rings is 1. The lowest BCUT2D eigenvalue weighted by atomic mass is 10.4. The third kappa shape index (κ3) is 2.12. The Hall–Kier alpha value is -1.23. The van der Waals surface area contributed by atoms with Crippen LogP contribution in [0, 0.1) is 11.8 Å². The predicted molar refractivity (Wildman–Crippen MR) is 45.1 cm³/mol. The predicted octanol–water partition coefficient (Wildman–Crippen LogP) is 1.73. The molecule has 0 spiro atoms. The van der Waals surface area contributed by atoms with Crippen LogP contribution in [0.25, 0.3) is 0 Å². The molecule has 0 atom stereocenters. The van der Waals surface area contributed by atoms with Gasteiger partial charge in [0.05, 0.1) is 6.20 Å². The Bertz CT molecular complexity index is 275. The first kappa shape index (κ1) is 7.87. The third-order valence-electron chi connectivity index (χ3n) is 1.36. The van der Waals surface area contributed by atoms with E-state index in [9.17, 15) is 0 Å². The first-order valence-electron chi connectivity index (χ1n) is 3.89. The molecule has 0 aliphatic rings. The number of nitrogens with one attached hydrogen (secondary N) is 1. The first-order valence-corrected chi connectivity index (χ1v) is 3.89. The summed E-state index contributed by atoms with van der Waals surface area (Å²) in [6.07, 6.45) is 3.61. The number of hydrogen-bond donors (Lipinski definition) is 1. The van der Waals surface area contributed by atoms with Gasteiger partial charge in [0.15, 0.2) is 0 Å². The zero-order valence-corrected chi connectivity index (χ0v) is 6.94. The molecular weight excluding hydrogens is 136 g/mol. The summed E-state index contributed by atoms with van der Waals surface area (Å²) in [5, 5.41) is 0. The molecule has 2 heteroatoms. The normalized spacial score (nSPS) is 8.91. The van der Waals surface area contributed by atoms with E-state index in [0.717, 1.165) is 24.4 Å². The van der Waals surface area contributed by atoms with Crippen molar-refractivity contribution in [2.24, 2.45) is 0 Å².